The molecule has 0 aliphatic carbocycles. The second kappa shape index (κ2) is 8.84. The van der Waals surface area contributed by atoms with Crippen LogP contribution in [0.3, 0.4) is 0 Å². The molecule has 1 aliphatic rings. The maximum Gasteiger partial charge on any atom is 0.260 e. The molecule has 1 fully saturated rings. The van der Waals surface area contributed by atoms with E-state index in [1.54, 1.807) is 28.0 Å². The summed E-state index contributed by atoms with van der Waals surface area (Å²) in [5.41, 5.74) is 2.65. The predicted molar refractivity (Wildman–Crippen MR) is 110 cm³/mol. The molecular formula is C21H22Cl2N2O3. The molecule has 0 radical (unpaired) electrons. The quantitative estimate of drug-likeness (QED) is 0.751. The number of ether oxygens (including phenoxy) is 1. The van der Waals surface area contributed by atoms with Gasteiger partial charge in [-0.3, -0.25) is 9.59 Å². The molecule has 1 aliphatic heterocycles. The van der Waals surface area contributed by atoms with Crippen molar-refractivity contribution in [2.75, 3.05) is 32.8 Å². The number of piperazine rings is 1. The van der Waals surface area contributed by atoms with Crippen LogP contribution in [0.1, 0.15) is 21.5 Å². The summed E-state index contributed by atoms with van der Waals surface area (Å²) < 4.78 is 5.68. The van der Waals surface area contributed by atoms with E-state index < -0.39 is 0 Å². The molecule has 148 valence electrons. The zero-order chi connectivity index (χ0) is 20.3. The van der Waals surface area contributed by atoms with Gasteiger partial charge in [-0.1, -0.05) is 40.9 Å². The number of rotatable bonds is 4. The summed E-state index contributed by atoms with van der Waals surface area (Å²) in [6.45, 7) is 5.85. The summed E-state index contributed by atoms with van der Waals surface area (Å²) in [5, 5.41) is 0.766. The third-order valence-corrected chi connectivity index (χ3v) is 5.51. The molecule has 2 amide bonds. The molecule has 0 bridgehead atoms. The fourth-order valence-corrected chi connectivity index (χ4v) is 3.46. The molecule has 0 atom stereocenters. The topological polar surface area (TPSA) is 49.9 Å². The molecule has 0 N–H and O–H groups in total. The Labute approximate surface area is 174 Å². The van der Waals surface area contributed by atoms with E-state index in [0.29, 0.717) is 47.5 Å². The monoisotopic (exact) mass is 420 g/mol. The lowest BCUT2D eigenvalue weighted by Gasteiger charge is -2.34. The van der Waals surface area contributed by atoms with Gasteiger partial charge < -0.3 is 14.5 Å². The standard InChI is InChI=1S/C21H22Cl2N2O3/c1-14-3-6-19(15(2)11-14)28-13-20(26)24-7-9-25(10-8-24)21(27)16-4-5-17(22)18(23)12-16/h3-6,11-12H,7-10,13H2,1-2H3. The second-order valence-electron chi connectivity index (χ2n) is 6.86. The zero-order valence-electron chi connectivity index (χ0n) is 15.9. The lowest BCUT2D eigenvalue weighted by molar-refractivity contribution is -0.134. The Balaban J connectivity index is 1.52. The Kier molecular flexibility index (Phi) is 6.47. The van der Waals surface area contributed by atoms with Crippen LogP contribution in [0.4, 0.5) is 0 Å². The Morgan fingerprint density at radius 2 is 1.61 bits per heavy atom. The summed E-state index contributed by atoms with van der Waals surface area (Å²) in [6, 6.07) is 10.7. The van der Waals surface area contributed by atoms with E-state index in [0.717, 1.165) is 11.1 Å². The van der Waals surface area contributed by atoms with Crippen LogP contribution in [-0.4, -0.2) is 54.4 Å². The Morgan fingerprint density at radius 1 is 0.929 bits per heavy atom. The number of halogens is 2. The van der Waals surface area contributed by atoms with Crippen LogP contribution in [0.25, 0.3) is 0 Å². The van der Waals surface area contributed by atoms with Crippen molar-refractivity contribution in [2.45, 2.75) is 13.8 Å². The molecule has 7 heteroatoms. The first kappa shape index (κ1) is 20.5. The molecule has 3 rings (SSSR count). The first-order valence-corrected chi connectivity index (χ1v) is 9.83. The van der Waals surface area contributed by atoms with E-state index >= 15 is 0 Å². The summed E-state index contributed by atoms with van der Waals surface area (Å²) in [6.07, 6.45) is 0. The van der Waals surface area contributed by atoms with Crippen LogP contribution in [0.5, 0.6) is 5.75 Å². The van der Waals surface area contributed by atoms with Crippen LogP contribution in [0.15, 0.2) is 36.4 Å². The minimum Gasteiger partial charge on any atom is -0.484 e. The number of hydrogen-bond acceptors (Lipinski definition) is 3. The summed E-state index contributed by atoms with van der Waals surface area (Å²) in [7, 11) is 0. The maximum absolute atomic E-state index is 12.6. The fraction of sp³-hybridized carbons (Fsp3) is 0.333. The number of benzene rings is 2. The van der Waals surface area contributed by atoms with Gasteiger partial charge in [-0.05, 0) is 43.7 Å². The Bertz CT molecular complexity index is 893. The van der Waals surface area contributed by atoms with Crippen LogP contribution < -0.4 is 4.74 Å². The SMILES string of the molecule is Cc1ccc(OCC(=O)N2CCN(C(=O)c3ccc(Cl)c(Cl)c3)CC2)c(C)c1. The molecule has 5 nitrogen and oxygen atoms in total. The van der Waals surface area contributed by atoms with Gasteiger partial charge in [0.05, 0.1) is 10.0 Å². The van der Waals surface area contributed by atoms with Gasteiger partial charge in [0.15, 0.2) is 6.61 Å². The third-order valence-electron chi connectivity index (χ3n) is 4.77. The van der Waals surface area contributed by atoms with E-state index in [-0.39, 0.29) is 18.4 Å². The zero-order valence-corrected chi connectivity index (χ0v) is 17.4. The van der Waals surface area contributed by atoms with Crippen LogP contribution >= 0.6 is 23.2 Å². The molecule has 28 heavy (non-hydrogen) atoms. The predicted octanol–water partition coefficient (Wildman–Crippen LogP) is 3.97. The molecule has 0 aromatic heterocycles. The minimum atomic E-state index is -0.114. The van der Waals surface area contributed by atoms with Gasteiger partial charge in [0.25, 0.3) is 11.8 Å². The molecule has 0 saturated carbocycles. The smallest absolute Gasteiger partial charge is 0.260 e. The van der Waals surface area contributed by atoms with E-state index in [4.69, 9.17) is 27.9 Å². The van der Waals surface area contributed by atoms with Gasteiger partial charge in [-0.25, -0.2) is 0 Å². The highest BCUT2D eigenvalue weighted by atomic mass is 35.5. The largest absolute Gasteiger partial charge is 0.484 e. The van der Waals surface area contributed by atoms with Gasteiger partial charge >= 0.3 is 0 Å². The van der Waals surface area contributed by atoms with Crippen molar-refractivity contribution in [2.24, 2.45) is 0 Å². The van der Waals surface area contributed by atoms with E-state index in [9.17, 15) is 9.59 Å². The number of hydrogen-bond donors (Lipinski definition) is 0. The number of aryl methyl sites for hydroxylation is 2. The molecule has 0 spiro atoms. The number of nitrogens with zero attached hydrogens (tertiary/aromatic N) is 2. The molecule has 2 aromatic carbocycles. The lowest BCUT2D eigenvalue weighted by atomic mass is 10.1. The lowest BCUT2D eigenvalue weighted by Crippen LogP contribution is -2.51. The summed E-state index contributed by atoms with van der Waals surface area (Å²) >= 11 is 11.9. The van der Waals surface area contributed by atoms with Crippen molar-refractivity contribution in [1.29, 1.82) is 0 Å². The normalized spacial score (nSPS) is 14.1. The van der Waals surface area contributed by atoms with E-state index in [2.05, 4.69) is 0 Å². The average Bonchev–Trinajstić information content (AvgIpc) is 2.69. The third kappa shape index (κ3) is 4.78. The number of carbonyl (C=O) groups is 2. The van der Waals surface area contributed by atoms with Gasteiger partial charge in [0.1, 0.15) is 5.75 Å². The Morgan fingerprint density at radius 3 is 2.25 bits per heavy atom. The van der Waals surface area contributed by atoms with Crippen molar-refractivity contribution < 1.29 is 14.3 Å². The van der Waals surface area contributed by atoms with Crippen molar-refractivity contribution in [3.63, 3.8) is 0 Å². The molecule has 0 unspecified atom stereocenters. The summed E-state index contributed by atoms with van der Waals surface area (Å²) in [5.74, 6) is 0.520. The van der Waals surface area contributed by atoms with Gasteiger partial charge in [-0.2, -0.15) is 0 Å². The first-order valence-electron chi connectivity index (χ1n) is 9.07. The highest BCUT2D eigenvalue weighted by Gasteiger charge is 2.25. The van der Waals surface area contributed by atoms with Crippen LogP contribution in [-0.2, 0) is 4.79 Å². The highest BCUT2D eigenvalue weighted by Crippen LogP contribution is 2.23. The van der Waals surface area contributed by atoms with Crippen molar-refractivity contribution in [3.05, 3.63) is 63.1 Å². The van der Waals surface area contributed by atoms with E-state index in [1.165, 1.54) is 0 Å². The second-order valence-corrected chi connectivity index (χ2v) is 7.67. The highest BCUT2D eigenvalue weighted by molar-refractivity contribution is 6.42. The fourth-order valence-electron chi connectivity index (χ4n) is 3.16. The van der Waals surface area contributed by atoms with Gasteiger partial charge in [0.2, 0.25) is 0 Å². The average molecular weight is 421 g/mol. The number of amides is 2. The summed E-state index contributed by atoms with van der Waals surface area (Å²) in [4.78, 5) is 28.5. The van der Waals surface area contributed by atoms with Crippen LogP contribution in [0.2, 0.25) is 10.0 Å². The first-order chi connectivity index (χ1) is 13.3. The molecule has 1 saturated heterocycles. The number of carbonyl (C=O) groups excluding carboxylic acids is 2. The molecule has 2 aromatic rings. The van der Waals surface area contributed by atoms with E-state index in [1.807, 2.05) is 32.0 Å². The Hall–Kier alpha value is -2.24. The van der Waals surface area contributed by atoms with Crippen molar-refractivity contribution in [3.8, 4) is 5.75 Å². The molecular weight excluding hydrogens is 399 g/mol. The van der Waals surface area contributed by atoms with Crippen molar-refractivity contribution in [1.82, 2.24) is 9.80 Å². The van der Waals surface area contributed by atoms with Crippen LogP contribution in [0, 0.1) is 13.8 Å². The van der Waals surface area contributed by atoms with Gasteiger partial charge in [-0.15, -0.1) is 0 Å². The molecule has 1 heterocycles. The minimum absolute atomic E-state index is 0.00929. The van der Waals surface area contributed by atoms with Crippen molar-refractivity contribution >= 4 is 35.0 Å². The van der Waals surface area contributed by atoms with Gasteiger partial charge in [0, 0.05) is 31.7 Å². The maximum atomic E-state index is 12.6.